The monoisotopic (exact) mass is 529 g/mol. The molecule has 0 bridgehead atoms. The van der Waals surface area contributed by atoms with Crippen molar-refractivity contribution in [3.05, 3.63) is 123 Å². The molecule has 4 aromatic rings. The van der Waals surface area contributed by atoms with Gasteiger partial charge in [0.05, 0.1) is 17.9 Å². The summed E-state index contributed by atoms with van der Waals surface area (Å²) in [6, 6.07) is 21.5. The lowest BCUT2D eigenvalue weighted by molar-refractivity contribution is -0.139. The van der Waals surface area contributed by atoms with Gasteiger partial charge in [-0.3, -0.25) is 19.0 Å². The van der Waals surface area contributed by atoms with E-state index in [0.29, 0.717) is 42.1 Å². The first-order valence-electron chi connectivity index (χ1n) is 12.3. The van der Waals surface area contributed by atoms with Crippen molar-refractivity contribution in [3.63, 3.8) is 0 Å². The largest absolute Gasteiger partial charge is 0.494 e. The van der Waals surface area contributed by atoms with E-state index in [1.807, 2.05) is 6.07 Å². The topological polar surface area (TPSA) is 124 Å². The Morgan fingerprint density at radius 2 is 1.74 bits per heavy atom. The van der Waals surface area contributed by atoms with Crippen LogP contribution in [-0.2, 0) is 4.79 Å². The summed E-state index contributed by atoms with van der Waals surface area (Å²) in [5.41, 5.74) is 7.69. The number of nitrogens with zero attached hydrogens (tertiary/aromatic N) is 1. The first kappa shape index (κ1) is 27.3. The number of halogens is 1. The van der Waals surface area contributed by atoms with Gasteiger partial charge in [0.25, 0.3) is 5.56 Å². The minimum atomic E-state index is -0.953. The molecule has 0 unspecified atom stereocenters. The average molecular weight is 530 g/mol. The van der Waals surface area contributed by atoms with Crippen LogP contribution in [0.2, 0.25) is 0 Å². The van der Waals surface area contributed by atoms with E-state index in [0.717, 1.165) is 0 Å². The molecule has 0 fully saturated rings. The maximum Gasteiger partial charge on any atom is 0.325 e. The number of rotatable bonds is 11. The zero-order valence-electron chi connectivity index (χ0n) is 21.3. The molecule has 0 aliphatic rings. The van der Waals surface area contributed by atoms with Crippen molar-refractivity contribution in [1.82, 2.24) is 9.88 Å². The molecule has 0 aliphatic heterocycles. The number of nitrogen functional groups attached to an aromatic ring is 1. The van der Waals surface area contributed by atoms with E-state index >= 15 is 0 Å². The second-order valence-electron chi connectivity index (χ2n) is 8.93. The highest BCUT2D eigenvalue weighted by Crippen LogP contribution is 2.22. The first-order chi connectivity index (χ1) is 18.8. The molecule has 4 N–H and O–H groups in total. The quantitative estimate of drug-likeness (QED) is 0.196. The van der Waals surface area contributed by atoms with E-state index in [2.05, 4.69) is 5.32 Å². The van der Waals surface area contributed by atoms with Crippen LogP contribution in [-0.4, -0.2) is 34.6 Å². The Bertz CT molecular complexity index is 1530. The van der Waals surface area contributed by atoms with Crippen LogP contribution in [0.15, 0.2) is 89.7 Å². The number of pyridine rings is 1. The van der Waals surface area contributed by atoms with E-state index in [1.54, 1.807) is 55.5 Å². The van der Waals surface area contributed by atoms with Crippen LogP contribution in [0, 0.1) is 12.7 Å². The van der Waals surface area contributed by atoms with Crippen molar-refractivity contribution in [2.75, 3.05) is 18.9 Å². The summed E-state index contributed by atoms with van der Waals surface area (Å²) in [5, 5.41) is 12.5. The summed E-state index contributed by atoms with van der Waals surface area (Å²) in [6.07, 6.45) is 0.567. The van der Waals surface area contributed by atoms with Gasteiger partial charge in [0.2, 0.25) is 0 Å². The fourth-order valence-corrected chi connectivity index (χ4v) is 4.15. The number of ether oxygens (including phenoxy) is 1. The number of aromatic nitrogens is 1. The molecule has 9 heteroatoms. The molecule has 1 atom stereocenters. The number of nitrogens with two attached hydrogens (primary N) is 1. The zero-order chi connectivity index (χ0) is 27.9. The van der Waals surface area contributed by atoms with Crippen LogP contribution in [0.25, 0.3) is 5.69 Å². The van der Waals surface area contributed by atoms with Gasteiger partial charge in [0, 0.05) is 11.6 Å². The van der Waals surface area contributed by atoms with Gasteiger partial charge in [-0.2, -0.15) is 0 Å². The molecule has 0 spiro atoms. The standard InChI is InChI=1S/C30H28FN3O5/c1-19-18-21(8-14-25(19)31)28(36)24-13-15-26(35)34(29(24)32)22-9-11-23(12-10-22)39-17-5-16-33-27(30(37)38)20-6-3-2-4-7-20/h2-4,6-15,18,27,33H,5,16-17,32H2,1H3,(H,37,38)/t27-/m0/s1. The molecule has 8 nitrogen and oxygen atoms in total. The predicted octanol–water partition coefficient (Wildman–Crippen LogP) is 4.28. The number of hydrogen-bond donors (Lipinski definition) is 3. The summed E-state index contributed by atoms with van der Waals surface area (Å²) in [5.74, 6) is -1.27. The van der Waals surface area contributed by atoms with Crippen molar-refractivity contribution in [3.8, 4) is 11.4 Å². The molecule has 0 aliphatic carbocycles. The summed E-state index contributed by atoms with van der Waals surface area (Å²) >= 11 is 0. The molecule has 0 saturated heterocycles. The summed E-state index contributed by atoms with van der Waals surface area (Å²) in [4.78, 5) is 37.2. The SMILES string of the molecule is Cc1cc(C(=O)c2ccc(=O)n(-c3ccc(OCCCN[C@H](C(=O)O)c4ccccc4)cc3)c2N)ccc1F. The number of hydrogen-bond acceptors (Lipinski definition) is 6. The number of ketones is 1. The number of aryl methyl sites for hydroxylation is 1. The van der Waals surface area contributed by atoms with Crippen molar-refractivity contribution >= 4 is 17.6 Å². The predicted molar refractivity (Wildman–Crippen MR) is 146 cm³/mol. The molecular weight excluding hydrogens is 501 g/mol. The Morgan fingerprint density at radius 3 is 2.41 bits per heavy atom. The Hall–Kier alpha value is -4.76. The summed E-state index contributed by atoms with van der Waals surface area (Å²) in [6.45, 7) is 2.34. The van der Waals surface area contributed by atoms with Gasteiger partial charge in [-0.1, -0.05) is 30.3 Å². The number of carbonyl (C=O) groups is 2. The second kappa shape index (κ2) is 12.2. The number of carboxylic acid groups (broad SMARTS) is 1. The molecular formula is C30H28FN3O5. The van der Waals surface area contributed by atoms with E-state index < -0.39 is 29.2 Å². The van der Waals surface area contributed by atoms with Gasteiger partial charge < -0.3 is 20.9 Å². The highest BCUT2D eigenvalue weighted by Gasteiger charge is 2.19. The lowest BCUT2D eigenvalue weighted by Gasteiger charge is -2.15. The maximum absolute atomic E-state index is 13.6. The number of benzene rings is 3. The highest BCUT2D eigenvalue weighted by atomic mass is 19.1. The Morgan fingerprint density at radius 1 is 1.03 bits per heavy atom. The van der Waals surface area contributed by atoms with Crippen LogP contribution in [0.5, 0.6) is 5.75 Å². The average Bonchev–Trinajstić information content (AvgIpc) is 2.93. The molecule has 1 aromatic heterocycles. The summed E-state index contributed by atoms with van der Waals surface area (Å²) in [7, 11) is 0. The van der Waals surface area contributed by atoms with Gasteiger partial charge >= 0.3 is 5.97 Å². The lowest BCUT2D eigenvalue weighted by Crippen LogP contribution is -2.29. The van der Waals surface area contributed by atoms with Gasteiger partial charge in [-0.25, -0.2) is 4.39 Å². The molecule has 0 radical (unpaired) electrons. The molecule has 39 heavy (non-hydrogen) atoms. The fraction of sp³-hybridized carbons (Fsp3) is 0.167. The van der Waals surface area contributed by atoms with Crippen molar-refractivity contribution in [2.45, 2.75) is 19.4 Å². The third-order valence-corrected chi connectivity index (χ3v) is 6.21. The Kier molecular flexibility index (Phi) is 8.53. The lowest BCUT2D eigenvalue weighted by atomic mass is 10.0. The fourth-order valence-electron chi connectivity index (χ4n) is 4.15. The van der Waals surface area contributed by atoms with Crippen molar-refractivity contribution in [2.24, 2.45) is 0 Å². The van der Waals surface area contributed by atoms with Gasteiger partial charge in [-0.15, -0.1) is 0 Å². The Balaban J connectivity index is 1.39. The molecule has 4 rings (SSSR count). The van der Waals surface area contributed by atoms with E-state index in [1.165, 1.54) is 34.9 Å². The Labute approximate surface area is 224 Å². The van der Waals surface area contributed by atoms with Crippen LogP contribution < -0.4 is 21.3 Å². The smallest absolute Gasteiger partial charge is 0.325 e. The minimum Gasteiger partial charge on any atom is -0.494 e. The third-order valence-electron chi connectivity index (χ3n) is 6.21. The van der Waals surface area contributed by atoms with Crippen molar-refractivity contribution < 1.29 is 23.8 Å². The molecule has 200 valence electrons. The van der Waals surface area contributed by atoms with E-state index in [9.17, 15) is 23.9 Å². The van der Waals surface area contributed by atoms with Gasteiger partial charge in [0.15, 0.2) is 5.78 Å². The number of nitrogens with one attached hydrogen (secondary N) is 1. The first-order valence-corrected chi connectivity index (χ1v) is 12.3. The minimum absolute atomic E-state index is 0.0272. The van der Waals surface area contributed by atoms with Crippen molar-refractivity contribution in [1.29, 1.82) is 0 Å². The molecule has 0 saturated carbocycles. The summed E-state index contributed by atoms with van der Waals surface area (Å²) < 4.78 is 20.6. The van der Waals surface area contributed by atoms with E-state index in [-0.39, 0.29) is 16.9 Å². The number of carboxylic acids is 1. The van der Waals surface area contributed by atoms with Crippen LogP contribution >= 0.6 is 0 Å². The second-order valence-corrected chi connectivity index (χ2v) is 8.93. The number of anilines is 1. The van der Waals surface area contributed by atoms with Crippen LogP contribution in [0.4, 0.5) is 10.2 Å². The normalized spacial score (nSPS) is 11.6. The number of carbonyl (C=O) groups excluding carboxylic acids is 1. The molecule has 3 aromatic carbocycles. The van der Waals surface area contributed by atoms with Gasteiger partial charge in [-0.05, 0) is 79.5 Å². The third kappa shape index (κ3) is 6.39. The molecule has 0 amide bonds. The zero-order valence-corrected chi connectivity index (χ0v) is 21.3. The van der Waals surface area contributed by atoms with Crippen LogP contribution in [0.3, 0.4) is 0 Å². The molecule has 1 heterocycles. The van der Waals surface area contributed by atoms with Crippen LogP contribution in [0.1, 0.15) is 39.5 Å². The number of aliphatic carboxylic acids is 1. The highest BCUT2D eigenvalue weighted by molar-refractivity contribution is 6.11. The van der Waals surface area contributed by atoms with E-state index in [4.69, 9.17) is 10.5 Å². The maximum atomic E-state index is 13.6. The van der Waals surface area contributed by atoms with Gasteiger partial charge in [0.1, 0.15) is 23.4 Å².